The molecule has 0 radical (unpaired) electrons. The number of hydrogen-bond acceptors (Lipinski definition) is 0. The second kappa shape index (κ2) is 3.12. The summed E-state index contributed by atoms with van der Waals surface area (Å²) < 4.78 is 0. The average molecular weight is 149 g/mol. The Balaban J connectivity index is 2.04. The van der Waals surface area contributed by atoms with Crippen molar-refractivity contribution in [2.45, 2.75) is 38.0 Å². The van der Waals surface area contributed by atoms with Gasteiger partial charge in [0, 0.05) is 11.9 Å². The van der Waals surface area contributed by atoms with Crippen molar-refractivity contribution in [3.05, 3.63) is 24.0 Å². The lowest BCUT2D eigenvalue weighted by atomic mass is 9.87. The van der Waals surface area contributed by atoms with E-state index < -0.39 is 0 Å². The first-order valence-electron chi connectivity index (χ1n) is 4.60. The van der Waals surface area contributed by atoms with Gasteiger partial charge in [-0.15, -0.1) is 0 Å². The van der Waals surface area contributed by atoms with Gasteiger partial charge in [-0.3, -0.25) is 0 Å². The van der Waals surface area contributed by atoms with E-state index in [9.17, 15) is 0 Å². The molecule has 0 amide bonds. The van der Waals surface area contributed by atoms with E-state index in [-0.39, 0.29) is 0 Å². The van der Waals surface area contributed by atoms with E-state index in [0.717, 1.165) is 5.92 Å². The Hall–Kier alpha value is -0.720. The molecule has 0 spiro atoms. The predicted molar refractivity (Wildman–Crippen MR) is 46.6 cm³/mol. The molecule has 2 rings (SSSR count). The Morgan fingerprint density at radius 1 is 1.18 bits per heavy atom. The van der Waals surface area contributed by atoms with Crippen LogP contribution in [0.2, 0.25) is 0 Å². The van der Waals surface area contributed by atoms with E-state index >= 15 is 0 Å². The molecule has 1 heterocycles. The Morgan fingerprint density at radius 2 is 2.00 bits per heavy atom. The van der Waals surface area contributed by atoms with Crippen molar-refractivity contribution in [3.8, 4) is 0 Å². The summed E-state index contributed by atoms with van der Waals surface area (Å²) in [5.41, 5.74) is 1.45. The number of hydrogen-bond donors (Lipinski definition) is 1. The van der Waals surface area contributed by atoms with Gasteiger partial charge in [-0.05, 0) is 30.9 Å². The van der Waals surface area contributed by atoms with Crippen LogP contribution in [0.5, 0.6) is 0 Å². The van der Waals surface area contributed by atoms with Crippen LogP contribution in [0, 0.1) is 0 Å². The van der Waals surface area contributed by atoms with Gasteiger partial charge in [0.05, 0.1) is 0 Å². The SMILES string of the molecule is c1c[nH]c(C2CCCCC2)c1. The second-order valence-corrected chi connectivity index (χ2v) is 3.46. The Morgan fingerprint density at radius 3 is 2.64 bits per heavy atom. The maximum absolute atomic E-state index is 3.31. The molecule has 1 N–H and O–H groups in total. The minimum Gasteiger partial charge on any atom is -0.365 e. The molecule has 1 fully saturated rings. The molecule has 1 nitrogen and oxygen atoms in total. The van der Waals surface area contributed by atoms with Gasteiger partial charge in [-0.1, -0.05) is 19.3 Å². The van der Waals surface area contributed by atoms with Crippen LogP contribution in [0.3, 0.4) is 0 Å². The highest BCUT2D eigenvalue weighted by Crippen LogP contribution is 2.31. The van der Waals surface area contributed by atoms with Crippen LogP contribution < -0.4 is 0 Å². The highest BCUT2D eigenvalue weighted by atomic mass is 14.7. The first-order chi connectivity index (χ1) is 5.47. The fraction of sp³-hybridized carbons (Fsp3) is 0.600. The van der Waals surface area contributed by atoms with Crippen molar-refractivity contribution < 1.29 is 0 Å². The molecule has 1 aromatic heterocycles. The molecule has 1 heteroatoms. The quantitative estimate of drug-likeness (QED) is 0.631. The van der Waals surface area contributed by atoms with E-state index in [2.05, 4.69) is 17.1 Å². The lowest BCUT2D eigenvalue weighted by Crippen LogP contribution is -2.04. The first kappa shape index (κ1) is 6.96. The van der Waals surface area contributed by atoms with E-state index in [1.165, 1.54) is 37.8 Å². The van der Waals surface area contributed by atoms with Crippen molar-refractivity contribution in [2.75, 3.05) is 0 Å². The molecule has 11 heavy (non-hydrogen) atoms. The Bertz CT molecular complexity index is 195. The number of rotatable bonds is 1. The van der Waals surface area contributed by atoms with Gasteiger partial charge >= 0.3 is 0 Å². The molecule has 1 aliphatic rings. The van der Waals surface area contributed by atoms with Crippen LogP contribution >= 0.6 is 0 Å². The fourth-order valence-electron chi connectivity index (χ4n) is 2.01. The summed E-state index contributed by atoms with van der Waals surface area (Å²) in [5.74, 6) is 0.832. The molecule has 0 atom stereocenters. The summed E-state index contributed by atoms with van der Waals surface area (Å²) in [5, 5.41) is 0. The molecule has 1 saturated carbocycles. The number of nitrogens with one attached hydrogen (secondary N) is 1. The normalized spacial score (nSPS) is 20.4. The first-order valence-corrected chi connectivity index (χ1v) is 4.60. The van der Waals surface area contributed by atoms with Crippen molar-refractivity contribution in [1.29, 1.82) is 0 Å². The van der Waals surface area contributed by atoms with Gasteiger partial charge in [0.2, 0.25) is 0 Å². The highest BCUT2D eigenvalue weighted by Gasteiger charge is 2.15. The minimum atomic E-state index is 0.832. The molecule has 0 aromatic carbocycles. The highest BCUT2D eigenvalue weighted by molar-refractivity contribution is 5.10. The molecular weight excluding hydrogens is 134 g/mol. The number of aromatic amines is 1. The van der Waals surface area contributed by atoms with Crippen LogP contribution in [0.4, 0.5) is 0 Å². The van der Waals surface area contributed by atoms with Crippen molar-refractivity contribution >= 4 is 0 Å². The zero-order chi connectivity index (χ0) is 7.52. The summed E-state index contributed by atoms with van der Waals surface area (Å²) in [6.07, 6.45) is 9.09. The maximum Gasteiger partial charge on any atom is 0.0178 e. The van der Waals surface area contributed by atoms with Gasteiger partial charge in [-0.2, -0.15) is 0 Å². The zero-order valence-corrected chi connectivity index (χ0v) is 6.84. The third-order valence-corrected chi connectivity index (χ3v) is 2.67. The van der Waals surface area contributed by atoms with Gasteiger partial charge < -0.3 is 4.98 Å². The molecule has 60 valence electrons. The largest absolute Gasteiger partial charge is 0.365 e. The lowest BCUT2D eigenvalue weighted by Gasteiger charge is -2.20. The Kier molecular flexibility index (Phi) is 1.97. The third-order valence-electron chi connectivity index (χ3n) is 2.67. The average Bonchev–Trinajstić information content (AvgIpc) is 2.58. The van der Waals surface area contributed by atoms with Gasteiger partial charge in [0.1, 0.15) is 0 Å². The summed E-state index contributed by atoms with van der Waals surface area (Å²) in [7, 11) is 0. The van der Waals surface area contributed by atoms with Gasteiger partial charge in [0.15, 0.2) is 0 Å². The van der Waals surface area contributed by atoms with Gasteiger partial charge in [0.25, 0.3) is 0 Å². The van der Waals surface area contributed by atoms with E-state index in [1.54, 1.807) is 0 Å². The Labute approximate surface area is 67.8 Å². The van der Waals surface area contributed by atoms with E-state index in [0.29, 0.717) is 0 Å². The zero-order valence-electron chi connectivity index (χ0n) is 6.84. The predicted octanol–water partition coefficient (Wildman–Crippen LogP) is 3.06. The maximum atomic E-state index is 3.31. The van der Waals surface area contributed by atoms with Crippen LogP contribution in [-0.4, -0.2) is 4.98 Å². The summed E-state index contributed by atoms with van der Waals surface area (Å²) in [6.45, 7) is 0. The van der Waals surface area contributed by atoms with Crippen LogP contribution in [0.15, 0.2) is 18.3 Å². The molecule has 1 aliphatic carbocycles. The standard InChI is InChI=1S/C10H15N/c1-2-5-9(6-3-1)10-7-4-8-11-10/h4,7-9,11H,1-3,5-6H2. The van der Waals surface area contributed by atoms with Crippen molar-refractivity contribution in [2.24, 2.45) is 0 Å². The lowest BCUT2D eigenvalue weighted by molar-refractivity contribution is 0.438. The number of aromatic nitrogens is 1. The molecule has 0 aliphatic heterocycles. The molecule has 0 bridgehead atoms. The summed E-state index contributed by atoms with van der Waals surface area (Å²) in [6, 6.07) is 4.32. The topological polar surface area (TPSA) is 15.8 Å². The van der Waals surface area contributed by atoms with Gasteiger partial charge in [-0.25, -0.2) is 0 Å². The molecule has 0 saturated heterocycles. The van der Waals surface area contributed by atoms with Crippen LogP contribution in [0.25, 0.3) is 0 Å². The molecular formula is C10H15N. The third kappa shape index (κ3) is 1.47. The molecule has 0 unspecified atom stereocenters. The number of H-pyrrole nitrogens is 1. The smallest absolute Gasteiger partial charge is 0.0178 e. The van der Waals surface area contributed by atoms with Crippen molar-refractivity contribution in [1.82, 2.24) is 4.98 Å². The van der Waals surface area contributed by atoms with E-state index in [4.69, 9.17) is 0 Å². The second-order valence-electron chi connectivity index (χ2n) is 3.46. The van der Waals surface area contributed by atoms with Crippen LogP contribution in [0.1, 0.15) is 43.7 Å². The fourth-order valence-corrected chi connectivity index (χ4v) is 2.01. The molecule has 1 aromatic rings. The van der Waals surface area contributed by atoms with Crippen LogP contribution in [-0.2, 0) is 0 Å². The van der Waals surface area contributed by atoms with E-state index in [1.807, 2.05) is 6.20 Å². The minimum absolute atomic E-state index is 0.832. The summed E-state index contributed by atoms with van der Waals surface area (Å²) in [4.78, 5) is 3.31. The monoisotopic (exact) mass is 149 g/mol. The van der Waals surface area contributed by atoms with Crippen molar-refractivity contribution in [3.63, 3.8) is 0 Å². The summed E-state index contributed by atoms with van der Waals surface area (Å²) >= 11 is 0.